The molecule has 0 aliphatic carbocycles. The van der Waals surface area contributed by atoms with Crippen LogP contribution in [0, 0.1) is 0 Å². The molecule has 0 radical (unpaired) electrons. The van der Waals surface area contributed by atoms with Crippen molar-refractivity contribution in [3.05, 3.63) is 29.3 Å². The predicted octanol–water partition coefficient (Wildman–Crippen LogP) is 3.09. The fourth-order valence-corrected chi connectivity index (χ4v) is 3.27. The number of nitrogens with zero attached hydrogens (tertiary/aromatic N) is 2. The number of nitrogens with one attached hydrogen (secondary N) is 1. The van der Waals surface area contributed by atoms with Gasteiger partial charge in [-0.3, -0.25) is 0 Å². The molecule has 3 nitrogen and oxygen atoms in total. The Bertz CT molecular complexity index is 462. The first-order chi connectivity index (χ1) is 10.2. The number of halogens is 1. The largest absolute Gasteiger partial charge is 0.368 e. The summed E-state index contributed by atoms with van der Waals surface area (Å²) in [4.78, 5) is 4.62. The summed E-state index contributed by atoms with van der Waals surface area (Å²) in [7, 11) is 0. The zero-order chi connectivity index (χ0) is 15.1. The zero-order valence-electron chi connectivity index (χ0n) is 12.3. The summed E-state index contributed by atoms with van der Waals surface area (Å²) in [6.45, 7) is 4.84. The average Bonchev–Trinajstić information content (AvgIpc) is 2.51. The molecule has 1 aromatic carbocycles. The van der Waals surface area contributed by atoms with Crippen LogP contribution in [0.3, 0.4) is 0 Å². The molecule has 0 unspecified atom stereocenters. The van der Waals surface area contributed by atoms with E-state index in [0.717, 1.165) is 49.3 Å². The van der Waals surface area contributed by atoms with Gasteiger partial charge in [-0.25, -0.2) is 0 Å². The van der Waals surface area contributed by atoms with E-state index >= 15 is 0 Å². The van der Waals surface area contributed by atoms with Gasteiger partial charge in [-0.05, 0) is 48.8 Å². The van der Waals surface area contributed by atoms with E-state index in [4.69, 9.17) is 23.8 Å². The molecular formula is C15H22ClN3S2. The summed E-state index contributed by atoms with van der Waals surface area (Å²) < 4.78 is 0. The van der Waals surface area contributed by atoms with Crippen LogP contribution in [0.1, 0.15) is 6.42 Å². The third-order valence-electron chi connectivity index (χ3n) is 3.54. The Morgan fingerprint density at radius 2 is 2.10 bits per heavy atom. The smallest absolute Gasteiger partial charge is 0.169 e. The van der Waals surface area contributed by atoms with Crippen LogP contribution >= 0.6 is 35.6 Å². The van der Waals surface area contributed by atoms with Gasteiger partial charge in [0, 0.05) is 43.4 Å². The van der Waals surface area contributed by atoms with Crippen LogP contribution in [-0.2, 0) is 0 Å². The number of thioether (sulfide) groups is 1. The van der Waals surface area contributed by atoms with Gasteiger partial charge in [0.2, 0.25) is 0 Å². The Kier molecular flexibility index (Phi) is 6.93. The molecule has 1 saturated heterocycles. The van der Waals surface area contributed by atoms with Crippen LogP contribution in [0.2, 0.25) is 5.02 Å². The molecule has 0 amide bonds. The van der Waals surface area contributed by atoms with E-state index in [1.807, 2.05) is 30.0 Å². The first-order valence-corrected chi connectivity index (χ1v) is 9.41. The minimum absolute atomic E-state index is 0.793. The van der Waals surface area contributed by atoms with E-state index in [0.29, 0.717) is 0 Å². The number of hydrogen-bond donors (Lipinski definition) is 1. The SMILES string of the molecule is CSCCCNC(=S)N1CCN(c2cccc(Cl)c2)CC1. The van der Waals surface area contributed by atoms with E-state index in [2.05, 4.69) is 27.4 Å². The number of piperazine rings is 1. The normalized spacial score (nSPS) is 15.1. The van der Waals surface area contributed by atoms with Gasteiger partial charge in [0.05, 0.1) is 0 Å². The number of rotatable bonds is 5. The van der Waals surface area contributed by atoms with Crippen molar-refractivity contribution < 1.29 is 0 Å². The second-order valence-electron chi connectivity index (χ2n) is 5.03. The van der Waals surface area contributed by atoms with Crippen molar-refractivity contribution in [3.8, 4) is 0 Å². The van der Waals surface area contributed by atoms with Crippen molar-refractivity contribution in [1.82, 2.24) is 10.2 Å². The molecule has 0 bridgehead atoms. The highest BCUT2D eigenvalue weighted by Gasteiger charge is 2.18. The number of hydrogen-bond acceptors (Lipinski definition) is 3. The van der Waals surface area contributed by atoms with Crippen LogP contribution in [0.15, 0.2) is 24.3 Å². The molecule has 1 aromatic rings. The molecule has 1 aliphatic rings. The third-order valence-corrected chi connectivity index (χ3v) is 4.88. The van der Waals surface area contributed by atoms with Crippen molar-refractivity contribution >= 4 is 46.4 Å². The Morgan fingerprint density at radius 3 is 2.76 bits per heavy atom. The molecule has 6 heteroatoms. The van der Waals surface area contributed by atoms with E-state index < -0.39 is 0 Å². The lowest BCUT2D eigenvalue weighted by molar-refractivity contribution is 0.380. The monoisotopic (exact) mass is 343 g/mol. The average molecular weight is 344 g/mol. The molecule has 1 fully saturated rings. The summed E-state index contributed by atoms with van der Waals surface area (Å²) in [6.07, 6.45) is 3.29. The standard InChI is InChI=1S/C15H22ClN3S2/c1-21-11-3-6-17-15(20)19-9-7-18(8-10-19)14-5-2-4-13(16)12-14/h2,4-5,12H,3,6-11H2,1H3,(H,17,20). The lowest BCUT2D eigenvalue weighted by Crippen LogP contribution is -2.51. The number of benzene rings is 1. The molecule has 1 aliphatic heterocycles. The summed E-state index contributed by atoms with van der Waals surface area (Å²) in [6, 6.07) is 8.05. The molecule has 2 rings (SSSR count). The summed E-state index contributed by atoms with van der Waals surface area (Å²) in [5.41, 5.74) is 1.20. The number of anilines is 1. The van der Waals surface area contributed by atoms with Crippen molar-refractivity contribution in [3.63, 3.8) is 0 Å². The summed E-state index contributed by atoms with van der Waals surface area (Å²) >= 11 is 13.4. The van der Waals surface area contributed by atoms with Gasteiger partial charge >= 0.3 is 0 Å². The van der Waals surface area contributed by atoms with Crippen molar-refractivity contribution in [2.24, 2.45) is 0 Å². The first kappa shape index (κ1) is 16.7. The van der Waals surface area contributed by atoms with Gasteiger partial charge in [-0.2, -0.15) is 11.8 Å². The van der Waals surface area contributed by atoms with Crippen LogP contribution in [0.25, 0.3) is 0 Å². The quantitative estimate of drug-likeness (QED) is 0.652. The van der Waals surface area contributed by atoms with Crippen LogP contribution in [0.4, 0.5) is 5.69 Å². The Hall–Kier alpha value is -0.650. The lowest BCUT2D eigenvalue weighted by Gasteiger charge is -2.37. The fraction of sp³-hybridized carbons (Fsp3) is 0.533. The highest BCUT2D eigenvalue weighted by atomic mass is 35.5. The minimum atomic E-state index is 0.793. The summed E-state index contributed by atoms with van der Waals surface area (Å²) in [5.74, 6) is 1.18. The molecule has 1 N–H and O–H groups in total. The second kappa shape index (κ2) is 8.71. The van der Waals surface area contributed by atoms with Crippen LogP contribution in [0.5, 0.6) is 0 Å². The van der Waals surface area contributed by atoms with Gasteiger partial charge in [-0.15, -0.1) is 0 Å². The lowest BCUT2D eigenvalue weighted by atomic mass is 10.2. The summed E-state index contributed by atoms with van der Waals surface area (Å²) in [5, 5.41) is 5.04. The van der Waals surface area contributed by atoms with Crippen molar-refractivity contribution in [1.29, 1.82) is 0 Å². The van der Waals surface area contributed by atoms with Gasteiger partial charge < -0.3 is 15.1 Å². The van der Waals surface area contributed by atoms with Gasteiger partial charge in [-0.1, -0.05) is 17.7 Å². The van der Waals surface area contributed by atoms with E-state index in [1.54, 1.807) is 0 Å². The van der Waals surface area contributed by atoms with E-state index in [-0.39, 0.29) is 0 Å². The Labute approximate surface area is 142 Å². The van der Waals surface area contributed by atoms with Gasteiger partial charge in [0.1, 0.15) is 0 Å². The highest BCUT2D eigenvalue weighted by molar-refractivity contribution is 7.98. The molecule has 0 aromatic heterocycles. The second-order valence-corrected chi connectivity index (χ2v) is 6.84. The zero-order valence-corrected chi connectivity index (χ0v) is 14.7. The molecule has 21 heavy (non-hydrogen) atoms. The Morgan fingerprint density at radius 1 is 1.33 bits per heavy atom. The van der Waals surface area contributed by atoms with Crippen LogP contribution in [-0.4, -0.2) is 54.7 Å². The maximum Gasteiger partial charge on any atom is 0.169 e. The van der Waals surface area contributed by atoms with Gasteiger partial charge in [0.25, 0.3) is 0 Å². The predicted molar refractivity (Wildman–Crippen MR) is 98.8 cm³/mol. The van der Waals surface area contributed by atoms with Gasteiger partial charge in [0.15, 0.2) is 5.11 Å². The number of thiocarbonyl (C=S) groups is 1. The molecule has 0 spiro atoms. The molecule has 1 heterocycles. The fourth-order valence-electron chi connectivity index (χ4n) is 2.36. The van der Waals surface area contributed by atoms with Crippen molar-refractivity contribution in [2.45, 2.75) is 6.42 Å². The maximum absolute atomic E-state index is 6.06. The topological polar surface area (TPSA) is 18.5 Å². The molecule has 116 valence electrons. The van der Waals surface area contributed by atoms with E-state index in [1.165, 1.54) is 11.4 Å². The third kappa shape index (κ3) is 5.24. The maximum atomic E-state index is 6.06. The molecule has 0 saturated carbocycles. The van der Waals surface area contributed by atoms with Crippen LogP contribution < -0.4 is 10.2 Å². The Balaban J connectivity index is 1.76. The molecular weight excluding hydrogens is 322 g/mol. The highest BCUT2D eigenvalue weighted by Crippen LogP contribution is 2.20. The van der Waals surface area contributed by atoms with Crippen molar-refractivity contribution in [2.75, 3.05) is 49.6 Å². The first-order valence-electron chi connectivity index (χ1n) is 7.23. The van der Waals surface area contributed by atoms with E-state index in [9.17, 15) is 0 Å². The molecule has 0 atom stereocenters. The minimum Gasteiger partial charge on any atom is -0.368 e.